The van der Waals surface area contributed by atoms with Gasteiger partial charge in [0.15, 0.2) is 0 Å². The van der Waals surface area contributed by atoms with Crippen LogP contribution in [-0.2, 0) is 0 Å². The predicted molar refractivity (Wildman–Crippen MR) is 57.7 cm³/mol. The maximum absolute atomic E-state index is 12.0. The van der Waals surface area contributed by atoms with E-state index in [1.165, 1.54) is 18.2 Å². The van der Waals surface area contributed by atoms with Crippen LogP contribution in [0.1, 0.15) is 6.92 Å². The van der Waals surface area contributed by atoms with Crippen molar-refractivity contribution in [2.45, 2.75) is 19.4 Å². The average molecular weight is 245 g/mol. The first kappa shape index (κ1) is 13.4. The van der Waals surface area contributed by atoms with E-state index in [-0.39, 0.29) is 11.9 Å². The predicted octanol–water partition coefficient (Wildman–Crippen LogP) is 3.74. The van der Waals surface area contributed by atoms with Crippen LogP contribution in [0.4, 0.5) is 13.2 Å². The molecule has 1 radical (unpaired) electrons. The summed E-state index contributed by atoms with van der Waals surface area (Å²) in [6.45, 7) is 5.25. The number of alkyl halides is 3. The molecule has 0 spiro atoms. The minimum atomic E-state index is -4.70. The molecule has 0 N–H and O–H groups in total. The summed E-state index contributed by atoms with van der Waals surface area (Å²) in [7, 11) is 0. The van der Waals surface area contributed by atoms with Crippen molar-refractivity contribution in [1.29, 1.82) is 0 Å². The Labute approximate surface area is 97.7 Å². The van der Waals surface area contributed by atoms with Gasteiger partial charge >= 0.3 is 6.36 Å². The first-order valence-electron chi connectivity index (χ1n) is 4.89. The van der Waals surface area contributed by atoms with E-state index in [2.05, 4.69) is 11.7 Å². The van der Waals surface area contributed by atoms with Gasteiger partial charge < -0.3 is 9.47 Å². The smallest absolute Gasteiger partial charge is 0.487 e. The van der Waals surface area contributed by atoms with Crippen LogP contribution in [0.2, 0.25) is 0 Å². The van der Waals surface area contributed by atoms with Crippen molar-refractivity contribution in [2.75, 3.05) is 0 Å². The Hall–Kier alpha value is -1.65. The summed E-state index contributed by atoms with van der Waals surface area (Å²) in [6.07, 6.45) is -1.73. The first-order chi connectivity index (χ1) is 7.90. The number of hydrogen-bond donors (Lipinski definition) is 0. The highest BCUT2D eigenvalue weighted by atomic mass is 19.4. The summed E-state index contributed by atoms with van der Waals surface area (Å²) in [4.78, 5) is 0. The topological polar surface area (TPSA) is 18.5 Å². The Kier molecular flexibility index (Phi) is 4.43. The van der Waals surface area contributed by atoms with Crippen LogP contribution in [0.5, 0.6) is 11.5 Å². The van der Waals surface area contributed by atoms with E-state index in [9.17, 15) is 13.2 Å². The third kappa shape index (κ3) is 5.29. The summed E-state index contributed by atoms with van der Waals surface area (Å²) < 4.78 is 45.0. The molecule has 1 atom stereocenters. The SMILES string of the molecule is [CH2]C=CC(C)Oc1cccc(OC(F)(F)F)c1. The first-order valence-corrected chi connectivity index (χ1v) is 4.89. The molecule has 0 aromatic heterocycles. The van der Waals surface area contributed by atoms with Gasteiger partial charge in [0.2, 0.25) is 0 Å². The molecular weight excluding hydrogens is 233 g/mol. The van der Waals surface area contributed by atoms with Gasteiger partial charge in [0, 0.05) is 6.07 Å². The van der Waals surface area contributed by atoms with Gasteiger partial charge in [-0.25, -0.2) is 0 Å². The minimum absolute atomic E-state index is 0.270. The second-order valence-electron chi connectivity index (χ2n) is 3.27. The van der Waals surface area contributed by atoms with Crippen LogP contribution in [0, 0.1) is 6.92 Å². The van der Waals surface area contributed by atoms with E-state index in [0.29, 0.717) is 5.75 Å². The van der Waals surface area contributed by atoms with Crippen molar-refractivity contribution in [3.8, 4) is 11.5 Å². The van der Waals surface area contributed by atoms with Crippen molar-refractivity contribution in [3.05, 3.63) is 43.3 Å². The molecule has 0 amide bonds. The molecule has 1 aromatic rings. The van der Waals surface area contributed by atoms with Gasteiger partial charge in [0.1, 0.15) is 17.6 Å². The van der Waals surface area contributed by atoms with E-state index >= 15 is 0 Å². The third-order valence-electron chi connectivity index (χ3n) is 1.77. The Morgan fingerprint density at radius 1 is 1.29 bits per heavy atom. The second kappa shape index (κ2) is 5.61. The molecule has 93 valence electrons. The second-order valence-corrected chi connectivity index (χ2v) is 3.27. The molecule has 5 heteroatoms. The highest BCUT2D eigenvalue weighted by Gasteiger charge is 2.31. The fraction of sp³-hybridized carbons (Fsp3) is 0.250. The molecule has 0 heterocycles. The number of rotatable bonds is 4. The van der Waals surface area contributed by atoms with Crippen LogP contribution < -0.4 is 9.47 Å². The van der Waals surface area contributed by atoms with Crippen LogP contribution in [0.3, 0.4) is 0 Å². The molecule has 17 heavy (non-hydrogen) atoms. The van der Waals surface area contributed by atoms with E-state index < -0.39 is 6.36 Å². The Morgan fingerprint density at radius 2 is 1.94 bits per heavy atom. The largest absolute Gasteiger partial charge is 0.573 e. The van der Waals surface area contributed by atoms with Crippen LogP contribution >= 0.6 is 0 Å². The number of benzene rings is 1. The zero-order valence-corrected chi connectivity index (χ0v) is 9.20. The lowest BCUT2D eigenvalue weighted by Crippen LogP contribution is -2.17. The number of halogens is 3. The zero-order chi connectivity index (χ0) is 12.9. The Bertz CT molecular complexity index is 386. The molecule has 0 aliphatic carbocycles. The van der Waals surface area contributed by atoms with Crippen LogP contribution in [-0.4, -0.2) is 12.5 Å². The molecular formula is C12H12F3O2. The minimum Gasteiger partial charge on any atom is -0.487 e. The zero-order valence-electron chi connectivity index (χ0n) is 9.20. The number of ether oxygens (including phenoxy) is 2. The molecule has 0 aliphatic heterocycles. The Morgan fingerprint density at radius 3 is 2.53 bits per heavy atom. The van der Waals surface area contributed by atoms with Gasteiger partial charge in [-0.3, -0.25) is 0 Å². The molecule has 1 unspecified atom stereocenters. The summed E-state index contributed by atoms with van der Waals surface area (Å²) in [5.41, 5.74) is 0. The van der Waals surface area contributed by atoms with Crippen LogP contribution in [0.15, 0.2) is 36.4 Å². The average Bonchev–Trinajstić information content (AvgIpc) is 2.15. The van der Waals surface area contributed by atoms with Gasteiger partial charge in [0.05, 0.1) is 0 Å². The van der Waals surface area contributed by atoms with Crippen molar-refractivity contribution < 1.29 is 22.6 Å². The van der Waals surface area contributed by atoms with E-state index in [0.717, 1.165) is 0 Å². The molecule has 0 bridgehead atoms. The normalized spacial score (nSPS) is 13.7. The van der Waals surface area contributed by atoms with Crippen molar-refractivity contribution in [1.82, 2.24) is 0 Å². The summed E-state index contributed by atoms with van der Waals surface area (Å²) in [6, 6.07) is 5.37. The highest BCUT2D eigenvalue weighted by Crippen LogP contribution is 2.26. The van der Waals surface area contributed by atoms with Crippen LogP contribution in [0.25, 0.3) is 0 Å². The van der Waals surface area contributed by atoms with Gasteiger partial charge in [0.25, 0.3) is 0 Å². The molecule has 0 fully saturated rings. The lowest BCUT2D eigenvalue weighted by Gasteiger charge is -2.13. The van der Waals surface area contributed by atoms with Gasteiger partial charge in [-0.15, -0.1) is 13.2 Å². The lowest BCUT2D eigenvalue weighted by atomic mass is 10.3. The Balaban J connectivity index is 2.72. The number of hydrogen-bond acceptors (Lipinski definition) is 2. The maximum atomic E-state index is 12.0. The molecule has 0 aliphatic rings. The van der Waals surface area contributed by atoms with Crippen molar-refractivity contribution in [3.63, 3.8) is 0 Å². The van der Waals surface area contributed by atoms with Gasteiger partial charge in [-0.2, -0.15) is 0 Å². The van der Waals surface area contributed by atoms with E-state index in [1.807, 2.05) is 0 Å². The van der Waals surface area contributed by atoms with Crippen molar-refractivity contribution in [2.24, 2.45) is 0 Å². The molecule has 2 nitrogen and oxygen atoms in total. The summed E-state index contributed by atoms with van der Waals surface area (Å²) in [5, 5.41) is 0. The molecule has 0 saturated carbocycles. The quantitative estimate of drug-likeness (QED) is 0.804. The molecule has 1 aromatic carbocycles. The van der Waals surface area contributed by atoms with Gasteiger partial charge in [-0.05, 0) is 32.1 Å². The number of allylic oxidation sites excluding steroid dienone is 1. The summed E-state index contributed by atoms with van der Waals surface area (Å²) in [5.74, 6) is -0.00171. The molecule has 0 saturated heterocycles. The lowest BCUT2D eigenvalue weighted by molar-refractivity contribution is -0.274. The highest BCUT2D eigenvalue weighted by molar-refractivity contribution is 5.33. The van der Waals surface area contributed by atoms with E-state index in [4.69, 9.17) is 4.74 Å². The third-order valence-corrected chi connectivity index (χ3v) is 1.77. The fourth-order valence-electron chi connectivity index (χ4n) is 1.19. The van der Waals surface area contributed by atoms with E-state index in [1.54, 1.807) is 25.1 Å². The summed E-state index contributed by atoms with van der Waals surface area (Å²) >= 11 is 0. The monoisotopic (exact) mass is 245 g/mol. The molecule has 1 rings (SSSR count). The standard InChI is InChI=1S/C12H12F3O2/c1-3-5-9(2)16-10-6-4-7-11(8-10)17-12(13,14)15/h3-9H,1H2,2H3. The van der Waals surface area contributed by atoms with Gasteiger partial charge in [-0.1, -0.05) is 12.1 Å². The van der Waals surface area contributed by atoms with Crippen molar-refractivity contribution >= 4 is 0 Å². The maximum Gasteiger partial charge on any atom is 0.573 e. The fourth-order valence-corrected chi connectivity index (χ4v) is 1.19.